The predicted molar refractivity (Wildman–Crippen MR) is 101 cm³/mol. The van der Waals surface area contributed by atoms with Gasteiger partial charge in [-0.25, -0.2) is 14.6 Å². The van der Waals surface area contributed by atoms with E-state index in [-0.39, 0.29) is 12.5 Å². The Morgan fingerprint density at radius 3 is 2.85 bits per heavy atom. The maximum absolute atomic E-state index is 11.6. The molecule has 4 rings (SSSR count). The van der Waals surface area contributed by atoms with Gasteiger partial charge in [0.15, 0.2) is 5.65 Å². The highest BCUT2D eigenvalue weighted by Crippen LogP contribution is 2.32. The van der Waals surface area contributed by atoms with Crippen LogP contribution in [0.5, 0.6) is 0 Å². The van der Waals surface area contributed by atoms with Gasteiger partial charge in [-0.1, -0.05) is 0 Å². The van der Waals surface area contributed by atoms with Crippen LogP contribution in [0.1, 0.15) is 12.8 Å². The Morgan fingerprint density at radius 1 is 1.31 bits per heavy atom. The Morgan fingerprint density at radius 2 is 2.12 bits per heavy atom. The Bertz CT molecular complexity index is 791. The van der Waals surface area contributed by atoms with E-state index in [4.69, 9.17) is 4.74 Å². The van der Waals surface area contributed by atoms with E-state index in [9.17, 15) is 4.79 Å². The second kappa shape index (κ2) is 7.40. The average Bonchev–Trinajstić information content (AvgIpc) is 3.40. The van der Waals surface area contributed by atoms with Gasteiger partial charge in [0.1, 0.15) is 18.7 Å². The normalized spacial score (nSPS) is 23.8. The lowest BCUT2D eigenvalue weighted by Crippen LogP contribution is -2.40. The fraction of sp³-hybridized carbons (Fsp3) is 0.647. The maximum atomic E-state index is 11.6. The maximum Gasteiger partial charge on any atom is 0.327 e. The van der Waals surface area contributed by atoms with Crippen LogP contribution in [0.15, 0.2) is 12.5 Å². The van der Waals surface area contributed by atoms with Gasteiger partial charge in [-0.05, 0) is 32.2 Å². The van der Waals surface area contributed by atoms with Gasteiger partial charge in [0.2, 0.25) is 0 Å². The number of esters is 1. The smallest absolute Gasteiger partial charge is 0.327 e. The number of carbonyl (C=O) groups is 1. The summed E-state index contributed by atoms with van der Waals surface area (Å²) in [7, 11) is 1.37. The summed E-state index contributed by atoms with van der Waals surface area (Å²) in [6.07, 6.45) is 8.11. The van der Waals surface area contributed by atoms with Crippen LogP contribution in [0.25, 0.3) is 11.0 Å². The molecular formula is C17H24N6O2S. The number of likely N-dealkylation sites (tertiary alicyclic amines) is 1. The summed E-state index contributed by atoms with van der Waals surface area (Å²) in [6.45, 7) is 4.40. The molecular weight excluding hydrogens is 352 g/mol. The van der Waals surface area contributed by atoms with E-state index < -0.39 is 0 Å². The number of hydrogen-bond acceptors (Lipinski definition) is 8. The summed E-state index contributed by atoms with van der Waals surface area (Å²) in [5.74, 6) is 0.569. The largest absolute Gasteiger partial charge is 0.468 e. The molecule has 9 heteroatoms. The van der Waals surface area contributed by atoms with Crippen LogP contribution in [0.3, 0.4) is 0 Å². The fourth-order valence-corrected chi connectivity index (χ4v) is 4.92. The molecule has 140 valence electrons. The molecule has 8 nitrogen and oxygen atoms in total. The standard InChI is InChI=1S/C17H24N6O2S/c1-25-15(24)10-23-17-12(7-20-23)16(18-11-19-17)22-8-13(14(9-22)26-2)21-5-3-4-6-21/h7,11,13-14H,3-6,8-10H2,1-2H3/t13-,14-/m1/s1. The van der Waals surface area contributed by atoms with Crippen molar-refractivity contribution in [3.8, 4) is 0 Å². The summed E-state index contributed by atoms with van der Waals surface area (Å²) in [6, 6.07) is 0.558. The van der Waals surface area contributed by atoms with Crippen LogP contribution in [0.2, 0.25) is 0 Å². The molecule has 2 aliphatic rings. The van der Waals surface area contributed by atoms with Gasteiger partial charge < -0.3 is 9.64 Å². The zero-order valence-corrected chi connectivity index (χ0v) is 16.0. The van der Waals surface area contributed by atoms with Gasteiger partial charge in [0.05, 0.1) is 18.7 Å². The molecule has 0 amide bonds. The molecule has 0 saturated carbocycles. The summed E-state index contributed by atoms with van der Waals surface area (Å²) in [5.41, 5.74) is 0.672. The number of fused-ring (bicyclic) bond motifs is 1. The summed E-state index contributed by atoms with van der Waals surface area (Å²) < 4.78 is 6.32. The van der Waals surface area contributed by atoms with Crippen molar-refractivity contribution < 1.29 is 9.53 Å². The molecule has 0 spiro atoms. The number of hydrogen-bond donors (Lipinski definition) is 0. The minimum absolute atomic E-state index is 0.0558. The van der Waals surface area contributed by atoms with Crippen LogP contribution >= 0.6 is 11.8 Å². The molecule has 4 heterocycles. The first-order valence-electron chi connectivity index (χ1n) is 8.96. The molecule has 2 aliphatic heterocycles. The summed E-state index contributed by atoms with van der Waals surface area (Å²) in [4.78, 5) is 25.4. The molecule has 2 fully saturated rings. The summed E-state index contributed by atoms with van der Waals surface area (Å²) >= 11 is 1.94. The topological polar surface area (TPSA) is 76.4 Å². The zero-order chi connectivity index (χ0) is 18.1. The number of nitrogens with zero attached hydrogens (tertiary/aromatic N) is 6. The third kappa shape index (κ3) is 3.14. The molecule has 2 atom stereocenters. The highest BCUT2D eigenvalue weighted by Gasteiger charge is 2.38. The first kappa shape index (κ1) is 17.5. The first-order valence-corrected chi connectivity index (χ1v) is 10.2. The summed E-state index contributed by atoms with van der Waals surface area (Å²) in [5, 5.41) is 5.78. The van der Waals surface area contributed by atoms with Gasteiger partial charge in [0, 0.05) is 24.4 Å². The van der Waals surface area contributed by atoms with E-state index in [1.165, 1.54) is 33.0 Å². The van der Waals surface area contributed by atoms with Crippen LogP contribution in [0.4, 0.5) is 5.82 Å². The van der Waals surface area contributed by atoms with E-state index in [1.54, 1.807) is 17.2 Å². The highest BCUT2D eigenvalue weighted by molar-refractivity contribution is 7.99. The third-order valence-electron chi connectivity index (χ3n) is 5.37. The molecule has 26 heavy (non-hydrogen) atoms. The molecule has 0 bridgehead atoms. The average molecular weight is 376 g/mol. The number of carbonyl (C=O) groups excluding carboxylic acids is 1. The minimum atomic E-state index is -0.340. The van der Waals surface area contributed by atoms with Crippen LogP contribution in [0, 0.1) is 0 Å². The van der Waals surface area contributed by atoms with E-state index >= 15 is 0 Å². The molecule has 0 radical (unpaired) electrons. The quantitative estimate of drug-likeness (QED) is 0.716. The van der Waals surface area contributed by atoms with Crippen LogP contribution in [-0.2, 0) is 16.1 Å². The number of methoxy groups -OCH3 is 1. The number of rotatable bonds is 5. The lowest BCUT2D eigenvalue weighted by Gasteiger charge is -2.27. The fourth-order valence-electron chi connectivity index (χ4n) is 4.02. The van der Waals surface area contributed by atoms with Gasteiger partial charge >= 0.3 is 5.97 Å². The van der Waals surface area contributed by atoms with Crippen molar-refractivity contribution >= 4 is 34.6 Å². The molecule has 0 N–H and O–H groups in total. The number of aromatic nitrogens is 4. The van der Waals surface area contributed by atoms with Crippen molar-refractivity contribution in [3.05, 3.63) is 12.5 Å². The first-order chi connectivity index (χ1) is 12.7. The van der Waals surface area contributed by atoms with Gasteiger partial charge in [-0.3, -0.25) is 9.69 Å². The highest BCUT2D eigenvalue weighted by atomic mass is 32.2. The monoisotopic (exact) mass is 376 g/mol. The minimum Gasteiger partial charge on any atom is -0.468 e. The third-order valence-corrected chi connectivity index (χ3v) is 6.44. The van der Waals surface area contributed by atoms with E-state index in [0.29, 0.717) is 16.9 Å². The molecule has 2 aromatic rings. The number of ether oxygens (including phenoxy) is 1. The van der Waals surface area contributed by atoms with Gasteiger partial charge in [-0.15, -0.1) is 0 Å². The number of anilines is 1. The second-order valence-corrected chi connectivity index (χ2v) is 7.88. The van der Waals surface area contributed by atoms with Crippen molar-refractivity contribution in [2.45, 2.75) is 30.7 Å². The van der Waals surface area contributed by atoms with Crippen molar-refractivity contribution in [2.24, 2.45) is 0 Å². The van der Waals surface area contributed by atoms with E-state index in [2.05, 4.69) is 31.1 Å². The van der Waals surface area contributed by atoms with Crippen LogP contribution in [-0.4, -0.2) is 81.5 Å². The van der Waals surface area contributed by atoms with Crippen molar-refractivity contribution in [1.82, 2.24) is 24.6 Å². The second-order valence-electron chi connectivity index (χ2n) is 6.80. The predicted octanol–water partition coefficient (Wildman–Crippen LogP) is 1.02. The van der Waals surface area contributed by atoms with E-state index in [0.717, 1.165) is 24.3 Å². The van der Waals surface area contributed by atoms with Crippen molar-refractivity contribution in [1.29, 1.82) is 0 Å². The Hall–Kier alpha value is -1.87. The number of thioether (sulfide) groups is 1. The van der Waals surface area contributed by atoms with Gasteiger partial charge in [-0.2, -0.15) is 16.9 Å². The Balaban J connectivity index is 1.61. The molecule has 2 aromatic heterocycles. The molecule has 0 aliphatic carbocycles. The lowest BCUT2D eigenvalue weighted by atomic mass is 10.2. The Labute approximate surface area is 156 Å². The van der Waals surface area contributed by atoms with Gasteiger partial charge in [0.25, 0.3) is 0 Å². The molecule has 0 aromatic carbocycles. The SMILES string of the molecule is COC(=O)Cn1ncc2c(N3C[C@@H](N4CCCC4)[C@H](SC)C3)ncnc21. The lowest BCUT2D eigenvalue weighted by molar-refractivity contribution is -0.141. The van der Waals surface area contributed by atoms with Crippen molar-refractivity contribution in [3.63, 3.8) is 0 Å². The van der Waals surface area contributed by atoms with Crippen LogP contribution < -0.4 is 4.90 Å². The Kier molecular flexibility index (Phi) is 4.99. The van der Waals surface area contributed by atoms with E-state index in [1.807, 2.05) is 11.8 Å². The zero-order valence-electron chi connectivity index (χ0n) is 15.2. The van der Waals surface area contributed by atoms with Crippen molar-refractivity contribution in [2.75, 3.05) is 44.4 Å². The molecule has 0 unspecified atom stereocenters. The molecule has 2 saturated heterocycles.